The summed E-state index contributed by atoms with van der Waals surface area (Å²) < 4.78 is 0. The van der Waals surface area contributed by atoms with Gasteiger partial charge in [-0.05, 0) is 24.3 Å². The van der Waals surface area contributed by atoms with Crippen molar-refractivity contribution in [1.29, 1.82) is 0 Å². The van der Waals surface area contributed by atoms with E-state index in [2.05, 4.69) is 10.3 Å². The normalized spacial score (nSPS) is 10.3. The van der Waals surface area contributed by atoms with E-state index >= 15 is 0 Å². The van der Waals surface area contributed by atoms with Crippen LogP contribution in [0.15, 0.2) is 41.4 Å². The Morgan fingerprint density at radius 3 is 2.90 bits per heavy atom. The smallest absolute Gasteiger partial charge is 0.284 e. The van der Waals surface area contributed by atoms with Crippen molar-refractivity contribution in [2.75, 3.05) is 5.75 Å². The lowest BCUT2D eigenvalue weighted by Crippen LogP contribution is -2.24. The Hall–Kier alpha value is -1.99. The zero-order valence-corrected chi connectivity index (χ0v) is 12.4. The van der Waals surface area contributed by atoms with Gasteiger partial charge in [0.15, 0.2) is 0 Å². The van der Waals surface area contributed by atoms with Gasteiger partial charge in [-0.15, -0.1) is 11.8 Å². The zero-order chi connectivity index (χ0) is 15.2. The molecule has 0 aliphatic heterocycles. The van der Waals surface area contributed by atoms with Gasteiger partial charge in [0.2, 0.25) is 5.91 Å². The number of thioether (sulfide) groups is 1. The first kappa shape index (κ1) is 15.4. The molecule has 0 fully saturated rings. The number of H-pyrrole nitrogens is 1. The molecule has 2 N–H and O–H groups in total. The van der Waals surface area contributed by atoms with Crippen molar-refractivity contribution >= 4 is 35.0 Å². The first-order valence-electron chi connectivity index (χ1n) is 6.02. The minimum atomic E-state index is -0.509. The number of benzene rings is 1. The Labute approximate surface area is 130 Å². The number of carbonyl (C=O) groups excluding carboxylic acids is 1. The van der Waals surface area contributed by atoms with Crippen molar-refractivity contribution in [3.63, 3.8) is 0 Å². The molecule has 21 heavy (non-hydrogen) atoms. The van der Waals surface area contributed by atoms with Gasteiger partial charge in [-0.1, -0.05) is 11.6 Å². The van der Waals surface area contributed by atoms with Crippen LogP contribution in [0, 0.1) is 10.1 Å². The summed E-state index contributed by atoms with van der Waals surface area (Å²) in [6, 6.07) is 8.09. The monoisotopic (exact) mass is 325 g/mol. The first-order valence-corrected chi connectivity index (χ1v) is 7.38. The van der Waals surface area contributed by atoms with Crippen molar-refractivity contribution < 1.29 is 9.72 Å². The molecular weight excluding hydrogens is 314 g/mol. The van der Waals surface area contributed by atoms with Gasteiger partial charge in [0, 0.05) is 23.0 Å². The Morgan fingerprint density at radius 2 is 2.24 bits per heavy atom. The molecule has 0 aliphatic carbocycles. The standard InChI is InChI=1S/C13H12ClN3O3S/c14-9-3-4-12(11(6-9)17(19)20)21-8-13(18)16-7-10-2-1-5-15-10/h1-6,15H,7-8H2,(H,16,18). The second-order valence-electron chi connectivity index (χ2n) is 4.13. The number of nitro groups is 1. The predicted octanol–water partition coefficient (Wildman–Crippen LogP) is 2.98. The molecule has 0 aliphatic rings. The molecule has 0 saturated heterocycles. The maximum absolute atomic E-state index is 11.7. The quantitative estimate of drug-likeness (QED) is 0.485. The van der Waals surface area contributed by atoms with Crippen molar-refractivity contribution in [2.45, 2.75) is 11.4 Å². The van der Waals surface area contributed by atoms with Crippen LogP contribution < -0.4 is 5.32 Å². The minimum Gasteiger partial charge on any atom is -0.364 e. The summed E-state index contributed by atoms with van der Waals surface area (Å²) in [5.41, 5.74) is 0.801. The lowest BCUT2D eigenvalue weighted by atomic mass is 10.3. The van der Waals surface area contributed by atoms with Gasteiger partial charge in [0.1, 0.15) is 0 Å². The van der Waals surface area contributed by atoms with Crippen LogP contribution in [0.5, 0.6) is 0 Å². The summed E-state index contributed by atoms with van der Waals surface area (Å²) in [6.07, 6.45) is 1.77. The molecule has 110 valence electrons. The average molecular weight is 326 g/mol. The number of aromatic nitrogens is 1. The number of rotatable bonds is 6. The van der Waals surface area contributed by atoms with Crippen molar-refractivity contribution in [3.8, 4) is 0 Å². The highest BCUT2D eigenvalue weighted by Crippen LogP contribution is 2.31. The van der Waals surface area contributed by atoms with E-state index in [1.54, 1.807) is 18.3 Å². The van der Waals surface area contributed by atoms with Crippen molar-refractivity contribution in [3.05, 3.63) is 57.4 Å². The number of nitrogens with one attached hydrogen (secondary N) is 2. The highest BCUT2D eigenvalue weighted by Gasteiger charge is 2.15. The molecule has 2 aromatic rings. The fourth-order valence-electron chi connectivity index (χ4n) is 1.62. The van der Waals surface area contributed by atoms with E-state index in [0.29, 0.717) is 16.5 Å². The summed E-state index contributed by atoms with van der Waals surface area (Å²) in [6.45, 7) is 0.398. The molecule has 1 aromatic heterocycles. The Morgan fingerprint density at radius 1 is 1.43 bits per heavy atom. The highest BCUT2D eigenvalue weighted by molar-refractivity contribution is 8.00. The number of nitro benzene ring substituents is 1. The van der Waals surface area contributed by atoms with Crippen LogP contribution in [0.1, 0.15) is 5.69 Å². The third-order valence-electron chi connectivity index (χ3n) is 2.61. The SMILES string of the molecule is O=C(CSc1ccc(Cl)cc1[N+](=O)[O-])NCc1ccc[nH]1. The topological polar surface area (TPSA) is 88.0 Å². The second kappa shape index (κ2) is 7.14. The predicted molar refractivity (Wildman–Crippen MR) is 81.5 cm³/mol. The molecule has 2 rings (SSSR count). The molecule has 0 spiro atoms. The van der Waals surface area contributed by atoms with Crippen LogP contribution in [0.3, 0.4) is 0 Å². The number of amides is 1. The average Bonchev–Trinajstić information content (AvgIpc) is 2.97. The van der Waals surface area contributed by atoms with Gasteiger partial charge < -0.3 is 10.3 Å². The fourth-order valence-corrected chi connectivity index (χ4v) is 2.62. The number of halogens is 1. The molecular formula is C13H12ClN3O3S. The molecule has 0 unspecified atom stereocenters. The number of hydrogen-bond donors (Lipinski definition) is 2. The van der Waals surface area contributed by atoms with Gasteiger partial charge in [-0.25, -0.2) is 0 Å². The fraction of sp³-hybridized carbons (Fsp3) is 0.154. The molecule has 8 heteroatoms. The second-order valence-corrected chi connectivity index (χ2v) is 5.58. The highest BCUT2D eigenvalue weighted by atomic mass is 35.5. The van der Waals surface area contributed by atoms with Gasteiger partial charge in [0.05, 0.1) is 22.1 Å². The maximum atomic E-state index is 11.7. The molecule has 1 aromatic carbocycles. The molecule has 1 heterocycles. The van der Waals surface area contributed by atoms with Crippen LogP contribution in [-0.2, 0) is 11.3 Å². The summed E-state index contributed by atoms with van der Waals surface area (Å²) in [4.78, 5) is 25.5. The van der Waals surface area contributed by atoms with Crippen LogP contribution in [0.4, 0.5) is 5.69 Å². The first-order chi connectivity index (χ1) is 10.1. The molecule has 0 saturated carbocycles. The van der Waals surface area contributed by atoms with Gasteiger partial charge >= 0.3 is 0 Å². The van der Waals surface area contributed by atoms with Gasteiger partial charge in [0.25, 0.3) is 5.69 Å². The van der Waals surface area contributed by atoms with Crippen molar-refractivity contribution in [1.82, 2.24) is 10.3 Å². The number of aromatic amines is 1. The minimum absolute atomic E-state index is 0.0929. The van der Waals surface area contributed by atoms with Crippen LogP contribution in [-0.4, -0.2) is 21.6 Å². The van der Waals surface area contributed by atoms with E-state index < -0.39 is 4.92 Å². The summed E-state index contributed by atoms with van der Waals surface area (Å²) >= 11 is 6.84. The van der Waals surface area contributed by atoms with E-state index in [1.807, 2.05) is 12.1 Å². The number of hydrogen-bond acceptors (Lipinski definition) is 4. The van der Waals surface area contributed by atoms with Crippen LogP contribution in [0.25, 0.3) is 0 Å². The Kier molecular flexibility index (Phi) is 5.24. The largest absolute Gasteiger partial charge is 0.364 e. The molecule has 0 bridgehead atoms. The van der Waals surface area contributed by atoms with E-state index in [0.717, 1.165) is 17.5 Å². The van der Waals surface area contributed by atoms with E-state index in [9.17, 15) is 14.9 Å². The third-order valence-corrected chi connectivity index (χ3v) is 3.91. The van der Waals surface area contributed by atoms with Gasteiger partial charge in [-0.3, -0.25) is 14.9 Å². The maximum Gasteiger partial charge on any atom is 0.284 e. The van der Waals surface area contributed by atoms with E-state index in [1.165, 1.54) is 6.07 Å². The number of carbonyl (C=O) groups is 1. The Balaban J connectivity index is 1.90. The third kappa shape index (κ3) is 4.51. The molecule has 0 atom stereocenters. The van der Waals surface area contributed by atoms with Gasteiger partial charge in [-0.2, -0.15) is 0 Å². The number of nitrogens with zero attached hydrogens (tertiary/aromatic N) is 1. The molecule has 0 radical (unpaired) electrons. The Bertz CT molecular complexity index is 646. The summed E-state index contributed by atoms with van der Waals surface area (Å²) in [5.74, 6) is -0.0951. The lowest BCUT2D eigenvalue weighted by Gasteiger charge is -2.05. The zero-order valence-electron chi connectivity index (χ0n) is 10.8. The van der Waals surface area contributed by atoms with E-state index in [-0.39, 0.29) is 17.3 Å². The van der Waals surface area contributed by atoms with E-state index in [4.69, 9.17) is 11.6 Å². The summed E-state index contributed by atoms with van der Waals surface area (Å²) in [5, 5.41) is 14.0. The lowest BCUT2D eigenvalue weighted by molar-refractivity contribution is -0.387. The van der Waals surface area contributed by atoms with Crippen LogP contribution in [0.2, 0.25) is 5.02 Å². The summed E-state index contributed by atoms with van der Waals surface area (Å²) in [7, 11) is 0. The van der Waals surface area contributed by atoms with Crippen LogP contribution >= 0.6 is 23.4 Å². The van der Waals surface area contributed by atoms with Crippen molar-refractivity contribution in [2.24, 2.45) is 0 Å². The molecule has 1 amide bonds. The molecule has 6 nitrogen and oxygen atoms in total.